The minimum atomic E-state index is -1.79. The number of carbonyl (C=O) groups excluding carboxylic acids is 2. The molecule has 2 aliphatic heterocycles. The number of ether oxygens (including phenoxy) is 1. The number of fused-ring (bicyclic) bond motifs is 5. The van der Waals surface area contributed by atoms with Gasteiger partial charge in [-0.05, 0) is 38.5 Å². The summed E-state index contributed by atoms with van der Waals surface area (Å²) in [4.78, 5) is 39.3. The van der Waals surface area contributed by atoms with E-state index in [1.165, 1.54) is 13.8 Å². The summed E-state index contributed by atoms with van der Waals surface area (Å²) >= 11 is 0. The first-order valence-corrected chi connectivity index (χ1v) is 9.79. The summed E-state index contributed by atoms with van der Waals surface area (Å²) in [7, 11) is 0. The van der Waals surface area contributed by atoms with Crippen molar-refractivity contribution in [1.29, 1.82) is 0 Å². The molecule has 7 nitrogen and oxygen atoms in total. The quantitative estimate of drug-likeness (QED) is 0.488. The highest BCUT2D eigenvalue weighted by atomic mass is 16.6. The van der Waals surface area contributed by atoms with Crippen molar-refractivity contribution >= 4 is 22.7 Å². The largest absolute Gasteiger partial charge is 0.458 e. The summed E-state index contributed by atoms with van der Waals surface area (Å²) in [6.45, 7) is 5.06. The molecule has 0 bridgehead atoms. The van der Waals surface area contributed by atoms with Crippen molar-refractivity contribution in [3.63, 3.8) is 0 Å². The standard InChI is InChI=1S/C20H16N2O4.C3H6O/c1-2-20(25)14-8-16-17-12(7-11-5-3-4-6-15(11)21-17)9-22(16)18(23)13(14)10-26-19(20)24;1-3(2)4/h3-8,25H,2,9-10H2,1H3;1-2H3. The Kier molecular flexibility index (Phi) is 4.78. The van der Waals surface area contributed by atoms with Crippen molar-refractivity contribution in [3.8, 4) is 11.4 Å². The number of aromatic nitrogens is 2. The molecule has 2 aromatic heterocycles. The van der Waals surface area contributed by atoms with E-state index in [1.54, 1.807) is 17.6 Å². The Bertz CT molecular complexity index is 1260. The second-order valence-electron chi connectivity index (χ2n) is 7.70. The molecule has 30 heavy (non-hydrogen) atoms. The topological polar surface area (TPSA) is 98.5 Å². The molecular formula is C23H22N2O5. The summed E-state index contributed by atoms with van der Waals surface area (Å²) < 4.78 is 6.72. The number of para-hydroxylation sites is 1. The minimum Gasteiger partial charge on any atom is -0.458 e. The van der Waals surface area contributed by atoms with Gasteiger partial charge >= 0.3 is 5.97 Å². The Balaban J connectivity index is 0.000000503. The summed E-state index contributed by atoms with van der Waals surface area (Å²) in [5.74, 6) is -0.540. The molecule has 0 spiro atoms. The molecule has 1 N–H and O–H groups in total. The van der Waals surface area contributed by atoms with Gasteiger partial charge in [0.1, 0.15) is 12.4 Å². The lowest BCUT2D eigenvalue weighted by molar-refractivity contribution is -0.172. The molecule has 0 saturated heterocycles. The van der Waals surface area contributed by atoms with E-state index in [-0.39, 0.29) is 24.4 Å². The van der Waals surface area contributed by atoms with Gasteiger partial charge in [0.05, 0.1) is 29.0 Å². The molecule has 0 radical (unpaired) electrons. The lowest BCUT2D eigenvalue weighted by Gasteiger charge is -2.31. The molecule has 2 aliphatic rings. The van der Waals surface area contributed by atoms with Crippen LogP contribution < -0.4 is 5.56 Å². The van der Waals surface area contributed by atoms with Crippen LogP contribution in [0.2, 0.25) is 0 Å². The van der Waals surface area contributed by atoms with Crippen LogP contribution in [0.25, 0.3) is 22.3 Å². The second-order valence-corrected chi connectivity index (χ2v) is 7.70. The number of rotatable bonds is 1. The van der Waals surface area contributed by atoms with Gasteiger partial charge in [0.15, 0.2) is 5.60 Å². The van der Waals surface area contributed by atoms with Gasteiger partial charge < -0.3 is 19.2 Å². The fourth-order valence-electron chi connectivity index (χ4n) is 3.93. The smallest absolute Gasteiger partial charge is 0.343 e. The van der Waals surface area contributed by atoms with E-state index in [2.05, 4.69) is 0 Å². The Labute approximate surface area is 172 Å². The van der Waals surface area contributed by atoms with E-state index in [0.717, 1.165) is 22.2 Å². The van der Waals surface area contributed by atoms with Gasteiger partial charge in [-0.1, -0.05) is 25.1 Å². The SMILES string of the molecule is CC(C)=O.CCC1(O)C(=O)OCc2c1cc1n(c2=O)Cc2cc3ccccc3nc2-1. The minimum absolute atomic E-state index is 0.110. The predicted octanol–water partition coefficient (Wildman–Crippen LogP) is 2.67. The highest BCUT2D eigenvalue weighted by Gasteiger charge is 2.45. The molecule has 1 atom stereocenters. The third kappa shape index (κ3) is 3.02. The third-order valence-corrected chi connectivity index (χ3v) is 5.42. The Hall–Kier alpha value is -3.32. The number of hydrogen-bond acceptors (Lipinski definition) is 6. The lowest BCUT2D eigenvalue weighted by Crippen LogP contribution is -2.44. The van der Waals surface area contributed by atoms with Crippen molar-refractivity contribution < 1.29 is 19.4 Å². The van der Waals surface area contributed by atoms with Crippen LogP contribution in [0.3, 0.4) is 0 Å². The Morgan fingerprint density at radius 1 is 1.23 bits per heavy atom. The van der Waals surface area contributed by atoms with Gasteiger partial charge in [0, 0.05) is 16.5 Å². The predicted molar refractivity (Wildman–Crippen MR) is 111 cm³/mol. The molecule has 0 amide bonds. The van der Waals surface area contributed by atoms with Crippen LogP contribution in [0.4, 0.5) is 0 Å². The van der Waals surface area contributed by atoms with Crippen LogP contribution in [0.15, 0.2) is 41.2 Å². The van der Waals surface area contributed by atoms with Crippen molar-refractivity contribution in [3.05, 3.63) is 63.4 Å². The van der Waals surface area contributed by atoms with E-state index in [0.29, 0.717) is 23.4 Å². The van der Waals surface area contributed by atoms with E-state index in [4.69, 9.17) is 9.72 Å². The molecule has 0 aliphatic carbocycles. The fourth-order valence-corrected chi connectivity index (χ4v) is 3.93. The van der Waals surface area contributed by atoms with Gasteiger partial charge in [0.25, 0.3) is 5.56 Å². The maximum Gasteiger partial charge on any atom is 0.343 e. The van der Waals surface area contributed by atoms with E-state index < -0.39 is 11.6 Å². The number of cyclic esters (lactones) is 1. The van der Waals surface area contributed by atoms with Crippen LogP contribution in [0, 0.1) is 0 Å². The molecule has 5 rings (SSSR count). The molecule has 1 unspecified atom stereocenters. The lowest BCUT2D eigenvalue weighted by atomic mass is 9.86. The number of aliphatic hydroxyl groups is 1. The summed E-state index contributed by atoms with van der Waals surface area (Å²) in [6, 6.07) is 11.6. The Morgan fingerprint density at radius 2 is 1.93 bits per heavy atom. The second kappa shape index (κ2) is 7.18. The molecule has 3 aromatic rings. The third-order valence-electron chi connectivity index (χ3n) is 5.42. The number of hydrogen-bond donors (Lipinski definition) is 1. The number of ketones is 1. The number of Topliss-reactive ketones (excluding diaryl/α,β-unsaturated/α-hetero) is 1. The molecule has 7 heteroatoms. The monoisotopic (exact) mass is 406 g/mol. The summed E-state index contributed by atoms with van der Waals surface area (Å²) in [6.07, 6.45) is 0.139. The highest BCUT2D eigenvalue weighted by molar-refractivity contribution is 5.86. The molecule has 1 aromatic carbocycles. The van der Waals surface area contributed by atoms with Crippen molar-refractivity contribution in [2.24, 2.45) is 0 Å². The molecular weight excluding hydrogens is 384 g/mol. The van der Waals surface area contributed by atoms with Gasteiger partial charge in [-0.15, -0.1) is 0 Å². The van der Waals surface area contributed by atoms with Crippen LogP contribution in [0.5, 0.6) is 0 Å². The van der Waals surface area contributed by atoms with Crippen LogP contribution in [-0.2, 0) is 33.1 Å². The number of nitrogens with zero attached hydrogens (tertiary/aromatic N) is 2. The van der Waals surface area contributed by atoms with Crippen molar-refractivity contribution in [2.45, 2.75) is 45.9 Å². The maximum absolute atomic E-state index is 13.0. The first-order chi connectivity index (χ1) is 14.3. The number of benzene rings is 1. The van der Waals surface area contributed by atoms with Gasteiger partial charge in [-0.3, -0.25) is 4.79 Å². The summed E-state index contributed by atoms with van der Waals surface area (Å²) in [5, 5.41) is 11.8. The number of carbonyl (C=O) groups is 2. The average molecular weight is 406 g/mol. The molecule has 154 valence electrons. The number of esters is 1. The molecule has 4 heterocycles. The highest BCUT2D eigenvalue weighted by Crippen LogP contribution is 2.38. The average Bonchev–Trinajstić information content (AvgIpc) is 3.07. The van der Waals surface area contributed by atoms with Crippen molar-refractivity contribution in [2.75, 3.05) is 0 Å². The van der Waals surface area contributed by atoms with Crippen molar-refractivity contribution in [1.82, 2.24) is 9.55 Å². The zero-order valence-corrected chi connectivity index (χ0v) is 17.1. The van der Waals surface area contributed by atoms with Crippen LogP contribution in [-0.4, -0.2) is 26.4 Å². The normalized spacial score (nSPS) is 18.6. The van der Waals surface area contributed by atoms with E-state index in [1.807, 2.05) is 30.3 Å². The fraction of sp³-hybridized carbons (Fsp3) is 0.304. The van der Waals surface area contributed by atoms with Crippen LogP contribution in [0.1, 0.15) is 43.9 Å². The summed E-state index contributed by atoms with van der Waals surface area (Å²) in [5.41, 5.74) is 1.81. The van der Waals surface area contributed by atoms with E-state index in [9.17, 15) is 19.5 Å². The molecule has 0 saturated carbocycles. The first kappa shape index (κ1) is 20.0. The molecule has 0 fully saturated rings. The zero-order chi connectivity index (χ0) is 21.6. The Morgan fingerprint density at radius 3 is 2.63 bits per heavy atom. The van der Waals surface area contributed by atoms with Gasteiger partial charge in [-0.25, -0.2) is 9.78 Å². The maximum atomic E-state index is 13.0. The first-order valence-electron chi connectivity index (χ1n) is 9.79. The van der Waals surface area contributed by atoms with E-state index >= 15 is 0 Å². The number of pyridine rings is 2. The van der Waals surface area contributed by atoms with Gasteiger partial charge in [0.2, 0.25) is 0 Å². The van der Waals surface area contributed by atoms with Gasteiger partial charge in [-0.2, -0.15) is 0 Å². The van der Waals surface area contributed by atoms with Crippen LogP contribution >= 0.6 is 0 Å². The zero-order valence-electron chi connectivity index (χ0n) is 17.1.